The molecule has 0 radical (unpaired) electrons. The fourth-order valence-electron chi connectivity index (χ4n) is 1.56. The quantitative estimate of drug-likeness (QED) is 0.609. The number of nitrogens with zero attached hydrogens (tertiary/aromatic N) is 3. The Kier molecular flexibility index (Phi) is 6.42. The number of aliphatic imine (C=N–C) groups is 1. The van der Waals surface area contributed by atoms with E-state index in [1.165, 1.54) is 0 Å². The van der Waals surface area contributed by atoms with Crippen LogP contribution in [0.1, 0.15) is 26.3 Å². The minimum atomic E-state index is -0.0910. The van der Waals surface area contributed by atoms with Crippen LogP contribution in [-0.4, -0.2) is 48.6 Å². The maximum absolute atomic E-state index is 5.85. The maximum Gasteiger partial charge on any atom is 0.213 e. The zero-order valence-corrected chi connectivity index (χ0v) is 13.7. The standard InChI is InChI=1S/C15H27N5O/c1-15(2,3)19-14(16)18-11-12-6-7-17-13(10-12)21-9-8-20(4)5/h6-7,10H,8-9,11H2,1-5H3,(H3,16,18,19). The van der Waals surface area contributed by atoms with Crippen LogP contribution >= 0.6 is 0 Å². The van der Waals surface area contributed by atoms with Crippen molar-refractivity contribution in [1.29, 1.82) is 0 Å². The van der Waals surface area contributed by atoms with Gasteiger partial charge in [0.2, 0.25) is 5.88 Å². The van der Waals surface area contributed by atoms with Crippen molar-refractivity contribution in [2.24, 2.45) is 10.7 Å². The number of rotatable bonds is 6. The van der Waals surface area contributed by atoms with Gasteiger partial charge in [-0.25, -0.2) is 9.98 Å². The van der Waals surface area contributed by atoms with E-state index in [2.05, 4.69) is 20.2 Å². The number of hydrogen-bond acceptors (Lipinski definition) is 4. The van der Waals surface area contributed by atoms with Gasteiger partial charge in [0, 0.05) is 24.3 Å². The van der Waals surface area contributed by atoms with Crippen LogP contribution in [0.4, 0.5) is 0 Å². The Bertz CT molecular complexity index is 465. The minimum absolute atomic E-state index is 0.0910. The van der Waals surface area contributed by atoms with E-state index in [-0.39, 0.29) is 5.54 Å². The Morgan fingerprint density at radius 3 is 2.76 bits per heavy atom. The average molecular weight is 293 g/mol. The molecule has 1 rings (SSSR count). The third-order valence-corrected chi connectivity index (χ3v) is 2.52. The van der Waals surface area contributed by atoms with E-state index in [1.54, 1.807) is 6.20 Å². The lowest BCUT2D eigenvalue weighted by atomic mass is 10.1. The predicted octanol–water partition coefficient (Wildman–Crippen LogP) is 1.22. The van der Waals surface area contributed by atoms with Crippen LogP contribution in [0, 0.1) is 0 Å². The van der Waals surface area contributed by atoms with Crippen LogP contribution in [0.2, 0.25) is 0 Å². The highest BCUT2D eigenvalue weighted by atomic mass is 16.5. The zero-order chi connectivity index (χ0) is 15.9. The van der Waals surface area contributed by atoms with Crippen LogP contribution in [0.5, 0.6) is 5.88 Å². The number of nitrogens with two attached hydrogens (primary N) is 1. The van der Waals surface area contributed by atoms with Gasteiger partial charge in [-0.1, -0.05) is 0 Å². The molecule has 0 aliphatic rings. The van der Waals surface area contributed by atoms with E-state index in [1.807, 2.05) is 47.0 Å². The zero-order valence-electron chi connectivity index (χ0n) is 13.7. The molecule has 0 fully saturated rings. The number of guanidine groups is 1. The summed E-state index contributed by atoms with van der Waals surface area (Å²) in [6, 6.07) is 3.80. The number of hydrogen-bond donors (Lipinski definition) is 2. The molecule has 1 heterocycles. The van der Waals surface area contributed by atoms with Gasteiger partial charge in [-0.15, -0.1) is 0 Å². The topological polar surface area (TPSA) is 75.8 Å². The summed E-state index contributed by atoms with van der Waals surface area (Å²) < 4.78 is 5.60. The van der Waals surface area contributed by atoms with Crippen molar-refractivity contribution in [3.8, 4) is 5.88 Å². The van der Waals surface area contributed by atoms with Gasteiger partial charge < -0.3 is 20.7 Å². The molecular weight excluding hydrogens is 266 g/mol. The maximum atomic E-state index is 5.85. The molecule has 0 bridgehead atoms. The van der Waals surface area contributed by atoms with Crippen LogP contribution in [0.3, 0.4) is 0 Å². The van der Waals surface area contributed by atoms with E-state index in [9.17, 15) is 0 Å². The van der Waals surface area contributed by atoms with Crippen molar-refractivity contribution < 1.29 is 4.74 Å². The molecule has 6 nitrogen and oxygen atoms in total. The van der Waals surface area contributed by atoms with E-state index in [0.717, 1.165) is 12.1 Å². The van der Waals surface area contributed by atoms with Gasteiger partial charge in [0.15, 0.2) is 5.96 Å². The smallest absolute Gasteiger partial charge is 0.213 e. The Morgan fingerprint density at radius 1 is 1.43 bits per heavy atom. The molecule has 0 aliphatic heterocycles. The van der Waals surface area contributed by atoms with Crippen LogP contribution in [0.25, 0.3) is 0 Å². The molecule has 0 unspecified atom stereocenters. The summed E-state index contributed by atoms with van der Waals surface area (Å²) in [4.78, 5) is 10.6. The second-order valence-corrected chi connectivity index (χ2v) is 6.23. The lowest BCUT2D eigenvalue weighted by Crippen LogP contribution is -2.44. The summed E-state index contributed by atoms with van der Waals surface area (Å²) in [6.45, 7) is 8.09. The lowest BCUT2D eigenvalue weighted by Gasteiger charge is -2.21. The number of ether oxygens (including phenoxy) is 1. The molecule has 0 atom stereocenters. The normalized spacial score (nSPS) is 12.6. The van der Waals surface area contributed by atoms with Crippen molar-refractivity contribution in [2.45, 2.75) is 32.9 Å². The van der Waals surface area contributed by atoms with Crippen LogP contribution < -0.4 is 15.8 Å². The number of likely N-dealkylation sites (N-methyl/N-ethyl adjacent to an activating group) is 1. The van der Waals surface area contributed by atoms with Gasteiger partial charge in [0.1, 0.15) is 6.61 Å². The van der Waals surface area contributed by atoms with Gasteiger partial charge >= 0.3 is 0 Å². The molecule has 21 heavy (non-hydrogen) atoms. The van der Waals surface area contributed by atoms with Crippen molar-refractivity contribution in [3.05, 3.63) is 23.9 Å². The molecule has 118 valence electrons. The second-order valence-electron chi connectivity index (χ2n) is 6.23. The summed E-state index contributed by atoms with van der Waals surface area (Å²) >= 11 is 0. The van der Waals surface area contributed by atoms with Crippen molar-refractivity contribution in [2.75, 3.05) is 27.2 Å². The molecule has 0 aliphatic carbocycles. The third-order valence-electron chi connectivity index (χ3n) is 2.52. The van der Waals surface area contributed by atoms with E-state index in [4.69, 9.17) is 10.5 Å². The molecular formula is C15H27N5O. The monoisotopic (exact) mass is 293 g/mol. The van der Waals surface area contributed by atoms with Gasteiger partial charge in [0.25, 0.3) is 0 Å². The van der Waals surface area contributed by atoms with Crippen molar-refractivity contribution in [1.82, 2.24) is 15.2 Å². The summed E-state index contributed by atoms with van der Waals surface area (Å²) in [6.07, 6.45) is 1.73. The van der Waals surface area contributed by atoms with Gasteiger partial charge in [-0.2, -0.15) is 0 Å². The van der Waals surface area contributed by atoms with Crippen LogP contribution in [0.15, 0.2) is 23.3 Å². The molecule has 0 aromatic carbocycles. The fourth-order valence-corrected chi connectivity index (χ4v) is 1.56. The Morgan fingerprint density at radius 2 is 2.14 bits per heavy atom. The summed E-state index contributed by atoms with van der Waals surface area (Å²) in [5.41, 5.74) is 6.77. The lowest BCUT2D eigenvalue weighted by molar-refractivity contribution is 0.253. The highest BCUT2D eigenvalue weighted by Crippen LogP contribution is 2.10. The first-order valence-corrected chi connectivity index (χ1v) is 7.07. The Balaban J connectivity index is 2.54. The second kappa shape index (κ2) is 7.83. The Hall–Kier alpha value is -1.82. The minimum Gasteiger partial charge on any atom is -0.476 e. The molecule has 1 aromatic heterocycles. The molecule has 0 saturated heterocycles. The molecule has 0 amide bonds. The largest absolute Gasteiger partial charge is 0.476 e. The van der Waals surface area contributed by atoms with Crippen molar-refractivity contribution in [3.63, 3.8) is 0 Å². The van der Waals surface area contributed by atoms with E-state index in [0.29, 0.717) is 25.0 Å². The Labute approximate surface area is 127 Å². The highest BCUT2D eigenvalue weighted by Gasteiger charge is 2.09. The van der Waals surface area contributed by atoms with Crippen molar-refractivity contribution >= 4 is 5.96 Å². The van der Waals surface area contributed by atoms with E-state index >= 15 is 0 Å². The number of pyridine rings is 1. The fraction of sp³-hybridized carbons (Fsp3) is 0.600. The van der Waals surface area contributed by atoms with Crippen LogP contribution in [-0.2, 0) is 6.54 Å². The molecule has 0 saturated carbocycles. The predicted molar refractivity (Wildman–Crippen MR) is 86.5 cm³/mol. The summed E-state index contributed by atoms with van der Waals surface area (Å²) in [7, 11) is 4.01. The highest BCUT2D eigenvalue weighted by molar-refractivity contribution is 5.78. The molecule has 6 heteroatoms. The van der Waals surface area contributed by atoms with Gasteiger partial charge in [-0.3, -0.25) is 0 Å². The average Bonchev–Trinajstić information content (AvgIpc) is 2.34. The first-order chi connectivity index (χ1) is 9.76. The first kappa shape index (κ1) is 17.2. The summed E-state index contributed by atoms with van der Waals surface area (Å²) in [5.74, 6) is 1.06. The number of nitrogens with one attached hydrogen (secondary N) is 1. The summed E-state index contributed by atoms with van der Waals surface area (Å²) in [5, 5.41) is 3.13. The van der Waals surface area contributed by atoms with Gasteiger partial charge in [0.05, 0.1) is 6.54 Å². The molecule has 0 spiro atoms. The first-order valence-electron chi connectivity index (χ1n) is 7.07. The SMILES string of the molecule is CN(C)CCOc1cc(CN=C(N)NC(C)(C)C)ccn1. The third kappa shape index (κ3) is 8.14. The van der Waals surface area contributed by atoms with E-state index < -0.39 is 0 Å². The molecule has 1 aromatic rings. The molecule has 3 N–H and O–H groups in total. The number of aromatic nitrogens is 1. The van der Waals surface area contributed by atoms with Gasteiger partial charge in [-0.05, 0) is 46.5 Å².